The standard InChI is InChI=1S/C24H29N3O5S/c28-23(26-20-7-2-1-3-8-20)18-11-13-27(14-12-18)24(29)19-6-4-10-22(16-19)33(30,31)25-17-21-9-5-15-32-21/h1-4,6-8,10,16,18,21,25H,5,9,11-15,17H2,(H,26,28)/t21-/m0/s1. The van der Waals surface area contributed by atoms with Crippen molar-refractivity contribution in [2.24, 2.45) is 5.92 Å². The number of rotatable bonds is 7. The highest BCUT2D eigenvalue weighted by molar-refractivity contribution is 7.89. The van der Waals surface area contributed by atoms with Crippen LogP contribution < -0.4 is 10.0 Å². The lowest BCUT2D eigenvalue weighted by Gasteiger charge is -2.31. The average molecular weight is 472 g/mol. The second kappa shape index (κ2) is 10.5. The van der Waals surface area contributed by atoms with Crippen LogP contribution in [0.3, 0.4) is 0 Å². The van der Waals surface area contributed by atoms with Gasteiger partial charge in [0.2, 0.25) is 15.9 Å². The number of likely N-dealkylation sites (tertiary alicyclic amines) is 1. The molecule has 0 aliphatic carbocycles. The Morgan fingerprint density at radius 3 is 2.45 bits per heavy atom. The number of nitrogens with one attached hydrogen (secondary N) is 2. The van der Waals surface area contributed by atoms with Crippen molar-refractivity contribution in [2.45, 2.75) is 36.7 Å². The number of sulfonamides is 1. The van der Waals surface area contributed by atoms with E-state index in [-0.39, 0.29) is 35.3 Å². The SMILES string of the molecule is O=C(Nc1ccccc1)C1CCN(C(=O)c2cccc(S(=O)(=O)NC[C@@H]3CCCO3)c2)CC1. The molecule has 4 rings (SSSR count). The molecule has 1 atom stereocenters. The molecule has 0 spiro atoms. The summed E-state index contributed by atoms with van der Waals surface area (Å²) < 4.78 is 33.4. The summed E-state index contributed by atoms with van der Waals surface area (Å²) in [6, 6.07) is 15.4. The molecule has 9 heteroatoms. The van der Waals surface area contributed by atoms with Gasteiger partial charge in [0, 0.05) is 43.4 Å². The lowest BCUT2D eigenvalue weighted by molar-refractivity contribution is -0.121. The summed E-state index contributed by atoms with van der Waals surface area (Å²) in [5, 5.41) is 2.92. The van der Waals surface area contributed by atoms with Crippen molar-refractivity contribution in [3.05, 3.63) is 60.2 Å². The van der Waals surface area contributed by atoms with Crippen LogP contribution >= 0.6 is 0 Å². The van der Waals surface area contributed by atoms with E-state index in [2.05, 4.69) is 10.0 Å². The van der Waals surface area contributed by atoms with Crippen LogP contribution in [0.25, 0.3) is 0 Å². The first kappa shape index (κ1) is 23.4. The third kappa shape index (κ3) is 5.98. The van der Waals surface area contributed by atoms with Crippen molar-refractivity contribution in [2.75, 3.05) is 31.6 Å². The summed E-state index contributed by atoms with van der Waals surface area (Å²) in [4.78, 5) is 27.3. The minimum Gasteiger partial charge on any atom is -0.377 e. The third-order valence-electron chi connectivity index (χ3n) is 6.11. The Morgan fingerprint density at radius 2 is 1.76 bits per heavy atom. The second-order valence-corrected chi connectivity index (χ2v) is 10.2. The van der Waals surface area contributed by atoms with Crippen LogP contribution in [0.4, 0.5) is 5.69 Å². The predicted molar refractivity (Wildman–Crippen MR) is 124 cm³/mol. The fraction of sp³-hybridized carbons (Fsp3) is 0.417. The summed E-state index contributed by atoms with van der Waals surface area (Å²) >= 11 is 0. The average Bonchev–Trinajstić information content (AvgIpc) is 3.37. The number of amides is 2. The Kier molecular flexibility index (Phi) is 7.42. The molecule has 2 aliphatic rings. The largest absolute Gasteiger partial charge is 0.377 e. The van der Waals surface area contributed by atoms with E-state index in [1.165, 1.54) is 12.1 Å². The molecule has 8 nitrogen and oxygen atoms in total. The Bertz CT molecular complexity index is 1080. The number of anilines is 1. The fourth-order valence-electron chi connectivity index (χ4n) is 4.18. The molecule has 2 saturated heterocycles. The van der Waals surface area contributed by atoms with E-state index in [0.29, 0.717) is 38.1 Å². The molecular formula is C24H29N3O5S. The van der Waals surface area contributed by atoms with Crippen LogP contribution in [0.5, 0.6) is 0 Å². The molecule has 0 bridgehead atoms. The minimum atomic E-state index is -3.74. The van der Waals surface area contributed by atoms with Crippen molar-refractivity contribution in [1.29, 1.82) is 0 Å². The second-order valence-electron chi connectivity index (χ2n) is 8.44. The van der Waals surface area contributed by atoms with Crippen molar-refractivity contribution in [3.8, 4) is 0 Å². The number of hydrogen-bond acceptors (Lipinski definition) is 5. The number of hydrogen-bond donors (Lipinski definition) is 2. The van der Waals surface area contributed by atoms with Crippen LogP contribution in [0, 0.1) is 5.92 Å². The molecule has 2 amide bonds. The van der Waals surface area contributed by atoms with Gasteiger partial charge in [0.15, 0.2) is 0 Å². The molecule has 0 unspecified atom stereocenters. The molecule has 2 heterocycles. The van der Waals surface area contributed by atoms with E-state index in [1.807, 2.05) is 30.3 Å². The quantitative estimate of drug-likeness (QED) is 0.646. The van der Waals surface area contributed by atoms with Crippen LogP contribution in [0.15, 0.2) is 59.5 Å². The Balaban J connectivity index is 1.33. The number of piperidine rings is 1. The number of carbonyl (C=O) groups is 2. The van der Waals surface area contributed by atoms with Gasteiger partial charge in [-0.2, -0.15) is 0 Å². The zero-order valence-corrected chi connectivity index (χ0v) is 19.2. The molecule has 176 valence electrons. The molecule has 2 aromatic carbocycles. The van der Waals surface area contributed by atoms with Gasteiger partial charge in [-0.05, 0) is 56.0 Å². The summed E-state index contributed by atoms with van der Waals surface area (Å²) in [5.74, 6) is -0.435. The molecule has 2 fully saturated rings. The number of carbonyl (C=O) groups excluding carboxylic acids is 2. The van der Waals surface area contributed by atoms with Gasteiger partial charge in [0.25, 0.3) is 5.91 Å². The first-order valence-corrected chi connectivity index (χ1v) is 12.8. The maximum absolute atomic E-state index is 13.0. The highest BCUT2D eigenvalue weighted by atomic mass is 32.2. The molecule has 2 aliphatic heterocycles. The van der Waals surface area contributed by atoms with E-state index in [4.69, 9.17) is 4.74 Å². The van der Waals surface area contributed by atoms with Crippen molar-refractivity contribution >= 4 is 27.5 Å². The van der Waals surface area contributed by atoms with Gasteiger partial charge < -0.3 is 15.0 Å². The summed E-state index contributed by atoms with van der Waals surface area (Å²) in [6.45, 7) is 1.76. The first-order chi connectivity index (χ1) is 15.9. The van der Waals surface area contributed by atoms with Gasteiger partial charge in [-0.25, -0.2) is 13.1 Å². The van der Waals surface area contributed by atoms with Crippen molar-refractivity contribution in [3.63, 3.8) is 0 Å². The van der Waals surface area contributed by atoms with Gasteiger partial charge in [0.1, 0.15) is 0 Å². The van der Waals surface area contributed by atoms with E-state index in [9.17, 15) is 18.0 Å². The number of benzene rings is 2. The van der Waals surface area contributed by atoms with E-state index in [0.717, 1.165) is 18.5 Å². The first-order valence-electron chi connectivity index (χ1n) is 11.3. The Morgan fingerprint density at radius 1 is 1.00 bits per heavy atom. The summed E-state index contributed by atoms with van der Waals surface area (Å²) in [6.07, 6.45) is 2.78. The van der Waals surface area contributed by atoms with Gasteiger partial charge in [0.05, 0.1) is 11.0 Å². The van der Waals surface area contributed by atoms with Crippen LogP contribution in [0.1, 0.15) is 36.0 Å². The fourth-order valence-corrected chi connectivity index (χ4v) is 5.29. The van der Waals surface area contributed by atoms with E-state index >= 15 is 0 Å². The van der Waals surface area contributed by atoms with Gasteiger partial charge in [-0.15, -0.1) is 0 Å². The summed E-state index contributed by atoms with van der Waals surface area (Å²) in [5.41, 5.74) is 1.08. The van der Waals surface area contributed by atoms with Crippen molar-refractivity contribution in [1.82, 2.24) is 9.62 Å². The molecule has 0 saturated carbocycles. The van der Waals surface area contributed by atoms with E-state index in [1.54, 1.807) is 17.0 Å². The highest BCUT2D eigenvalue weighted by Crippen LogP contribution is 2.22. The maximum Gasteiger partial charge on any atom is 0.253 e. The molecule has 2 aromatic rings. The zero-order chi connectivity index (χ0) is 23.3. The number of ether oxygens (including phenoxy) is 1. The normalized spacial score (nSPS) is 19.4. The molecule has 33 heavy (non-hydrogen) atoms. The van der Waals surface area contributed by atoms with Crippen LogP contribution in [0.2, 0.25) is 0 Å². The van der Waals surface area contributed by atoms with Crippen LogP contribution in [-0.4, -0.2) is 57.5 Å². The maximum atomic E-state index is 13.0. The summed E-state index contributed by atoms with van der Waals surface area (Å²) in [7, 11) is -3.74. The molecule has 0 aromatic heterocycles. The monoisotopic (exact) mass is 471 g/mol. The minimum absolute atomic E-state index is 0.0429. The lowest BCUT2D eigenvalue weighted by atomic mass is 9.95. The predicted octanol–water partition coefficient (Wildman–Crippen LogP) is 2.63. The lowest BCUT2D eigenvalue weighted by Crippen LogP contribution is -2.41. The number of nitrogens with zero attached hydrogens (tertiary/aromatic N) is 1. The Hall–Kier alpha value is -2.75. The molecule has 2 N–H and O–H groups in total. The van der Waals surface area contributed by atoms with Crippen molar-refractivity contribution < 1.29 is 22.7 Å². The van der Waals surface area contributed by atoms with Crippen LogP contribution in [-0.2, 0) is 19.6 Å². The van der Waals surface area contributed by atoms with Gasteiger partial charge in [-0.1, -0.05) is 24.3 Å². The topological polar surface area (TPSA) is 105 Å². The highest BCUT2D eigenvalue weighted by Gasteiger charge is 2.28. The third-order valence-corrected chi connectivity index (χ3v) is 7.53. The smallest absolute Gasteiger partial charge is 0.253 e. The zero-order valence-electron chi connectivity index (χ0n) is 18.4. The molecule has 0 radical (unpaired) electrons. The molecular weight excluding hydrogens is 442 g/mol. The van der Waals surface area contributed by atoms with E-state index < -0.39 is 10.0 Å². The van der Waals surface area contributed by atoms with Gasteiger partial charge in [-0.3, -0.25) is 9.59 Å². The van der Waals surface area contributed by atoms with Gasteiger partial charge >= 0.3 is 0 Å². The number of para-hydroxylation sites is 1. The Labute approximate surface area is 194 Å².